The number of benzene rings is 1. The lowest BCUT2D eigenvalue weighted by Gasteiger charge is -2.15. The molecule has 0 spiro atoms. The maximum atomic E-state index is 11.9. The van der Waals surface area contributed by atoms with Crippen LogP contribution < -0.4 is 0 Å². The van der Waals surface area contributed by atoms with E-state index in [4.69, 9.17) is 0 Å². The van der Waals surface area contributed by atoms with Crippen molar-refractivity contribution in [2.24, 2.45) is 0 Å². The first-order chi connectivity index (χ1) is 6.79. The molecule has 0 radical (unpaired) electrons. The third-order valence-corrected chi connectivity index (χ3v) is 2.90. The van der Waals surface area contributed by atoms with Gasteiger partial charge in [-0.15, -0.1) is 0 Å². The van der Waals surface area contributed by atoms with Crippen LogP contribution in [0.15, 0.2) is 40.9 Å². The molecule has 1 aromatic rings. The summed E-state index contributed by atoms with van der Waals surface area (Å²) in [6.07, 6.45) is 4.02. The zero-order valence-corrected chi connectivity index (χ0v) is 9.20. The second-order valence-corrected chi connectivity index (χ2v) is 4.02. The fraction of sp³-hybridized carbons (Fsp3) is 0.182. The molecule has 1 aliphatic heterocycles. The molecule has 1 heterocycles. The van der Waals surface area contributed by atoms with E-state index in [0.717, 1.165) is 23.1 Å². The monoisotopic (exact) mass is 251 g/mol. The van der Waals surface area contributed by atoms with Gasteiger partial charge in [-0.25, -0.2) is 0 Å². The minimum absolute atomic E-state index is 0.0856. The predicted molar refractivity (Wildman–Crippen MR) is 59.2 cm³/mol. The Labute approximate surface area is 91.3 Å². The van der Waals surface area contributed by atoms with E-state index in [-0.39, 0.29) is 5.91 Å². The van der Waals surface area contributed by atoms with Gasteiger partial charge in [-0.1, -0.05) is 24.3 Å². The maximum Gasteiger partial charge on any atom is 0.255 e. The number of nitrogens with zero attached hydrogens (tertiary/aromatic N) is 1. The molecule has 0 fully saturated rings. The molecule has 3 heteroatoms. The van der Waals surface area contributed by atoms with E-state index in [1.54, 1.807) is 4.90 Å². The molecule has 0 aromatic heterocycles. The first-order valence-electron chi connectivity index (χ1n) is 4.48. The number of carbonyl (C=O) groups is 1. The molecule has 2 nitrogen and oxygen atoms in total. The molecule has 14 heavy (non-hydrogen) atoms. The van der Waals surface area contributed by atoms with Crippen molar-refractivity contribution < 1.29 is 4.79 Å². The van der Waals surface area contributed by atoms with Crippen LogP contribution in [0.5, 0.6) is 0 Å². The molecule has 0 atom stereocenters. The van der Waals surface area contributed by atoms with Crippen molar-refractivity contribution in [2.75, 3.05) is 13.1 Å². The van der Waals surface area contributed by atoms with Crippen molar-refractivity contribution in [1.29, 1.82) is 0 Å². The van der Waals surface area contributed by atoms with Crippen LogP contribution in [0.1, 0.15) is 10.4 Å². The van der Waals surface area contributed by atoms with Crippen molar-refractivity contribution in [3.05, 3.63) is 46.5 Å². The third-order valence-electron chi connectivity index (χ3n) is 2.21. The summed E-state index contributed by atoms with van der Waals surface area (Å²) in [5.41, 5.74) is 0.733. The van der Waals surface area contributed by atoms with E-state index >= 15 is 0 Å². The highest BCUT2D eigenvalue weighted by atomic mass is 79.9. The number of carbonyl (C=O) groups excluding carboxylic acids is 1. The first kappa shape index (κ1) is 9.46. The van der Waals surface area contributed by atoms with Crippen LogP contribution >= 0.6 is 15.9 Å². The van der Waals surface area contributed by atoms with Crippen molar-refractivity contribution in [3.63, 3.8) is 0 Å². The third kappa shape index (κ3) is 1.73. The van der Waals surface area contributed by atoms with Crippen LogP contribution in [0.25, 0.3) is 0 Å². The fourth-order valence-corrected chi connectivity index (χ4v) is 1.90. The topological polar surface area (TPSA) is 20.3 Å². The molecule has 1 aliphatic rings. The Balaban J connectivity index is 2.23. The summed E-state index contributed by atoms with van der Waals surface area (Å²) in [6, 6.07) is 7.51. The van der Waals surface area contributed by atoms with Crippen LogP contribution in [0, 0.1) is 0 Å². The summed E-state index contributed by atoms with van der Waals surface area (Å²) < 4.78 is 0.858. The highest BCUT2D eigenvalue weighted by Gasteiger charge is 2.17. The van der Waals surface area contributed by atoms with Gasteiger partial charge in [0.1, 0.15) is 0 Å². The fourth-order valence-electron chi connectivity index (χ4n) is 1.45. The summed E-state index contributed by atoms with van der Waals surface area (Å²) in [5, 5.41) is 0. The van der Waals surface area contributed by atoms with Crippen molar-refractivity contribution in [1.82, 2.24) is 4.90 Å². The van der Waals surface area contributed by atoms with Gasteiger partial charge >= 0.3 is 0 Å². The number of rotatable bonds is 1. The molecule has 0 saturated heterocycles. The SMILES string of the molecule is O=C(c1ccccc1Br)N1CC=CC1. The van der Waals surface area contributed by atoms with Crippen LogP contribution in [0.3, 0.4) is 0 Å². The molecule has 0 aliphatic carbocycles. The zero-order valence-electron chi connectivity index (χ0n) is 7.61. The van der Waals surface area contributed by atoms with Gasteiger partial charge in [0.2, 0.25) is 0 Å². The highest BCUT2D eigenvalue weighted by Crippen LogP contribution is 2.18. The van der Waals surface area contributed by atoms with Crippen LogP contribution in [-0.4, -0.2) is 23.9 Å². The molecule has 72 valence electrons. The summed E-state index contributed by atoms with van der Waals surface area (Å²) >= 11 is 3.38. The normalized spacial score (nSPS) is 14.8. The molecular formula is C11H10BrNO. The lowest BCUT2D eigenvalue weighted by Crippen LogP contribution is -2.28. The van der Waals surface area contributed by atoms with Gasteiger partial charge in [0.15, 0.2) is 0 Å². The molecule has 1 amide bonds. The van der Waals surface area contributed by atoms with Gasteiger partial charge in [0.05, 0.1) is 5.56 Å². The molecule has 0 N–H and O–H groups in total. The Bertz CT molecular complexity index is 379. The van der Waals surface area contributed by atoms with Gasteiger partial charge in [-0.2, -0.15) is 0 Å². The minimum atomic E-state index is 0.0856. The zero-order chi connectivity index (χ0) is 9.97. The van der Waals surface area contributed by atoms with Crippen LogP contribution in [0.4, 0.5) is 0 Å². The molecule has 2 rings (SSSR count). The summed E-state index contributed by atoms with van der Waals surface area (Å²) in [4.78, 5) is 13.7. The summed E-state index contributed by atoms with van der Waals surface area (Å²) in [7, 11) is 0. The van der Waals surface area contributed by atoms with Crippen LogP contribution in [0.2, 0.25) is 0 Å². The predicted octanol–water partition coefficient (Wildman–Crippen LogP) is 2.46. The van der Waals surface area contributed by atoms with Gasteiger partial charge in [-0.3, -0.25) is 4.79 Å². The molecular weight excluding hydrogens is 242 g/mol. The van der Waals surface area contributed by atoms with E-state index in [9.17, 15) is 4.79 Å². The first-order valence-corrected chi connectivity index (χ1v) is 5.27. The van der Waals surface area contributed by atoms with Crippen LogP contribution in [-0.2, 0) is 0 Å². The van der Waals surface area contributed by atoms with Gasteiger partial charge in [0.25, 0.3) is 5.91 Å². The Hall–Kier alpha value is -1.09. The smallest absolute Gasteiger partial charge is 0.255 e. The minimum Gasteiger partial charge on any atom is -0.331 e. The largest absolute Gasteiger partial charge is 0.331 e. The van der Waals surface area contributed by atoms with Gasteiger partial charge < -0.3 is 4.90 Å². The second kappa shape index (κ2) is 3.96. The van der Waals surface area contributed by atoms with E-state index in [1.165, 1.54) is 0 Å². The number of hydrogen-bond acceptors (Lipinski definition) is 1. The maximum absolute atomic E-state index is 11.9. The highest BCUT2D eigenvalue weighted by molar-refractivity contribution is 9.10. The number of hydrogen-bond donors (Lipinski definition) is 0. The van der Waals surface area contributed by atoms with E-state index in [1.807, 2.05) is 36.4 Å². The van der Waals surface area contributed by atoms with E-state index < -0.39 is 0 Å². The number of halogens is 1. The lowest BCUT2D eigenvalue weighted by atomic mass is 10.2. The molecule has 0 saturated carbocycles. The standard InChI is InChI=1S/C11H10BrNO/c12-10-6-2-1-5-9(10)11(14)13-7-3-4-8-13/h1-6H,7-8H2. The Morgan fingerprint density at radius 3 is 2.50 bits per heavy atom. The average molecular weight is 252 g/mol. The molecule has 0 unspecified atom stereocenters. The van der Waals surface area contributed by atoms with Crippen molar-refractivity contribution in [3.8, 4) is 0 Å². The quantitative estimate of drug-likeness (QED) is 0.703. The molecule has 1 aromatic carbocycles. The Kier molecular flexibility index (Phi) is 2.68. The van der Waals surface area contributed by atoms with E-state index in [0.29, 0.717) is 0 Å². The number of amides is 1. The molecule has 0 bridgehead atoms. The lowest BCUT2D eigenvalue weighted by molar-refractivity contribution is 0.0799. The Morgan fingerprint density at radius 2 is 1.86 bits per heavy atom. The summed E-state index contributed by atoms with van der Waals surface area (Å²) in [5.74, 6) is 0.0856. The van der Waals surface area contributed by atoms with Crippen molar-refractivity contribution in [2.45, 2.75) is 0 Å². The van der Waals surface area contributed by atoms with Gasteiger partial charge in [-0.05, 0) is 28.1 Å². The second-order valence-electron chi connectivity index (χ2n) is 3.16. The van der Waals surface area contributed by atoms with Crippen molar-refractivity contribution >= 4 is 21.8 Å². The summed E-state index contributed by atoms with van der Waals surface area (Å²) in [6.45, 7) is 1.44. The Morgan fingerprint density at radius 1 is 1.21 bits per heavy atom. The van der Waals surface area contributed by atoms with E-state index in [2.05, 4.69) is 15.9 Å². The average Bonchev–Trinajstić information content (AvgIpc) is 2.70. The van der Waals surface area contributed by atoms with Gasteiger partial charge in [0, 0.05) is 17.6 Å².